The molecule has 0 N–H and O–H groups in total. The fourth-order valence-corrected chi connectivity index (χ4v) is 4.64. The van der Waals surface area contributed by atoms with E-state index in [4.69, 9.17) is 4.98 Å². The van der Waals surface area contributed by atoms with Gasteiger partial charge in [-0.2, -0.15) is 0 Å². The lowest BCUT2D eigenvalue weighted by Gasteiger charge is -2.25. The number of pyridine rings is 1. The van der Waals surface area contributed by atoms with E-state index < -0.39 is 0 Å². The van der Waals surface area contributed by atoms with Gasteiger partial charge in [0.25, 0.3) is 0 Å². The van der Waals surface area contributed by atoms with Crippen molar-refractivity contribution >= 4 is 23.3 Å². The van der Waals surface area contributed by atoms with Crippen LogP contribution in [0.25, 0.3) is 21.8 Å². The second-order valence-corrected chi connectivity index (χ2v) is 7.91. The molecule has 26 heavy (non-hydrogen) atoms. The summed E-state index contributed by atoms with van der Waals surface area (Å²) < 4.78 is 2.47. The van der Waals surface area contributed by atoms with Crippen LogP contribution in [0.5, 0.6) is 0 Å². The number of hydrogen-bond acceptors (Lipinski definition) is 5. The van der Waals surface area contributed by atoms with Crippen LogP contribution in [0.2, 0.25) is 0 Å². The normalized spacial score (nSPS) is 14.5. The number of rotatable bonds is 4. The number of piperidine rings is 1. The molecule has 3 heterocycles. The van der Waals surface area contributed by atoms with E-state index in [0.717, 1.165) is 16.3 Å². The molecule has 0 unspecified atom stereocenters. The third-order valence-corrected chi connectivity index (χ3v) is 6.11. The molecule has 0 spiro atoms. The van der Waals surface area contributed by atoms with Crippen molar-refractivity contribution < 1.29 is 0 Å². The standard InChI is InChI=1S/C19H19N3S2.C2H6/c1-2-11-22(12-3-1)24-17-8-6-15(7-9-17)18-14-23-19(21-18)16-5-4-10-20-13-16;1-2/h4-10,13-14H,1-3,11-12H2;1-2H3. The molecule has 3 nitrogen and oxygen atoms in total. The van der Waals surface area contributed by atoms with Crippen molar-refractivity contribution in [1.82, 2.24) is 14.3 Å². The molecule has 136 valence electrons. The zero-order chi connectivity index (χ0) is 18.2. The number of nitrogens with zero attached hydrogens (tertiary/aromatic N) is 3. The number of aromatic nitrogens is 2. The maximum Gasteiger partial charge on any atom is 0.125 e. The molecule has 1 aromatic carbocycles. The highest BCUT2D eigenvalue weighted by Crippen LogP contribution is 2.31. The molecule has 5 heteroatoms. The molecule has 1 saturated heterocycles. The number of thiazole rings is 1. The van der Waals surface area contributed by atoms with Crippen molar-refractivity contribution in [1.29, 1.82) is 0 Å². The van der Waals surface area contributed by atoms with Gasteiger partial charge in [-0.3, -0.25) is 4.98 Å². The van der Waals surface area contributed by atoms with E-state index in [-0.39, 0.29) is 0 Å². The minimum absolute atomic E-state index is 1.02. The quantitative estimate of drug-likeness (QED) is 0.488. The monoisotopic (exact) mass is 383 g/mol. The molecule has 1 fully saturated rings. The Morgan fingerprint density at radius 3 is 2.42 bits per heavy atom. The van der Waals surface area contributed by atoms with Crippen molar-refractivity contribution in [2.24, 2.45) is 0 Å². The summed E-state index contributed by atoms with van der Waals surface area (Å²) in [5.41, 5.74) is 3.28. The van der Waals surface area contributed by atoms with Gasteiger partial charge in [0.15, 0.2) is 0 Å². The average Bonchev–Trinajstić information content (AvgIpc) is 3.22. The summed E-state index contributed by atoms with van der Waals surface area (Å²) in [6, 6.07) is 12.8. The van der Waals surface area contributed by atoms with Crippen LogP contribution < -0.4 is 0 Å². The van der Waals surface area contributed by atoms with Crippen LogP contribution in [0.3, 0.4) is 0 Å². The van der Waals surface area contributed by atoms with Gasteiger partial charge in [0.05, 0.1) is 5.69 Å². The molecule has 3 aromatic rings. The van der Waals surface area contributed by atoms with Crippen molar-refractivity contribution in [3.8, 4) is 21.8 Å². The lowest BCUT2D eigenvalue weighted by molar-refractivity contribution is 0.380. The zero-order valence-corrected chi connectivity index (χ0v) is 17.0. The van der Waals surface area contributed by atoms with Crippen LogP contribution in [0, 0.1) is 0 Å². The minimum atomic E-state index is 1.02. The minimum Gasteiger partial charge on any atom is -0.264 e. The second-order valence-electron chi connectivity index (χ2n) is 5.88. The molecule has 2 aromatic heterocycles. The SMILES string of the molecule is CC.c1cncc(-c2nc(-c3ccc(SN4CCCCC4)cc3)cs2)c1. The summed E-state index contributed by atoms with van der Waals surface area (Å²) in [5.74, 6) is 0. The largest absolute Gasteiger partial charge is 0.264 e. The lowest BCUT2D eigenvalue weighted by atomic mass is 10.2. The summed E-state index contributed by atoms with van der Waals surface area (Å²) in [5, 5.41) is 3.14. The molecule has 0 atom stereocenters. The Morgan fingerprint density at radius 1 is 0.962 bits per heavy atom. The molecule has 0 radical (unpaired) electrons. The summed E-state index contributed by atoms with van der Waals surface area (Å²) in [7, 11) is 0. The van der Waals surface area contributed by atoms with E-state index in [1.165, 1.54) is 42.8 Å². The van der Waals surface area contributed by atoms with Gasteiger partial charge in [-0.15, -0.1) is 11.3 Å². The van der Waals surface area contributed by atoms with Gasteiger partial charge in [-0.25, -0.2) is 9.29 Å². The molecule has 0 saturated carbocycles. The van der Waals surface area contributed by atoms with E-state index in [1.54, 1.807) is 17.5 Å². The van der Waals surface area contributed by atoms with Crippen molar-refractivity contribution in [2.75, 3.05) is 13.1 Å². The summed E-state index contributed by atoms with van der Waals surface area (Å²) in [6.45, 7) is 6.40. The number of benzene rings is 1. The predicted molar refractivity (Wildman–Crippen MR) is 113 cm³/mol. The van der Waals surface area contributed by atoms with Crippen LogP contribution in [-0.4, -0.2) is 27.4 Å². The first-order valence-corrected chi connectivity index (χ1v) is 10.9. The molecule has 0 amide bonds. The summed E-state index contributed by atoms with van der Waals surface area (Å²) >= 11 is 3.54. The average molecular weight is 384 g/mol. The van der Waals surface area contributed by atoms with Gasteiger partial charge in [-0.1, -0.05) is 32.4 Å². The lowest BCUT2D eigenvalue weighted by Crippen LogP contribution is -2.22. The van der Waals surface area contributed by atoms with Gasteiger partial charge < -0.3 is 0 Å². The Kier molecular flexibility index (Phi) is 7.23. The fraction of sp³-hybridized carbons (Fsp3) is 0.333. The molecule has 0 aliphatic carbocycles. The Balaban J connectivity index is 0.000000948. The van der Waals surface area contributed by atoms with Crippen LogP contribution in [0.4, 0.5) is 0 Å². The van der Waals surface area contributed by atoms with Crippen molar-refractivity contribution in [3.05, 3.63) is 54.2 Å². The molecule has 1 aliphatic heterocycles. The highest BCUT2D eigenvalue weighted by Gasteiger charge is 2.12. The van der Waals surface area contributed by atoms with Gasteiger partial charge in [0, 0.05) is 46.9 Å². The first-order valence-electron chi connectivity index (χ1n) is 9.28. The molecular formula is C21H25N3S2. The fourth-order valence-electron chi connectivity index (χ4n) is 2.82. The Labute approximate surface area is 164 Å². The Morgan fingerprint density at radius 2 is 1.73 bits per heavy atom. The first kappa shape index (κ1) is 19.1. The number of hydrogen-bond donors (Lipinski definition) is 0. The van der Waals surface area contributed by atoms with E-state index in [2.05, 4.69) is 38.9 Å². The molecule has 0 bridgehead atoms. The maximum atomic E-state index is 4.76. The molecule has 1 aliphatic rings. The smallest absolute Gasteiger partial charge is 0.125 e. The van der Waals surface area contributed by atoms with Crippen LogP contribution in [-0.2, 0) is 0 Å². The third-order valence-electron chi connectivity index (χ3n) is 4.11. The Bertz CT molecular complexity index is 779. The van der Waals surface area contributed by atoms with Crippen molar-refractivity contribution in [2.45, 2.75) is 38.0 Å². The second kappa shape index (κ2) is 9.86. The van der Waals surface area contributed by atoms with Gasteiger partial charge >= 0.3 is 0 Å². The summed E-state index contributed by atoms with van der Waals surface area (Å²) in [4.78, 5) is 10.2. The van der Waals surface area contributed by atoms with E-state index in [9.17, 15) is 0 Å². The van der Waals surface area contributed by atoms with E-state index in [0.29, 0.717) is 0 Å². The third kappa shape index (κ3) is 4.93. The molecule has 4 rings (SSSR count). The van der Waals surface area contributed by atoms with E-state index >= 15 is 0 Å². The van der Waals surface area contributed by atoms with Gasteiger partial charge in [0.1, 0.15) is 5.01 Å². The zero-order valence-electron chi connectivity index (χ0n) is 15.4. The first-order chi connectivity index (χ1) is 12.9. The van der Waals surface area contributed by atoms with Crippen LogP contribution >= 0.6 is 23.3 Å². The van der Waals surface area contributed by atoms with Crippen LogP contribution in [0.1, 0.15) is 33.1 Å². The summed E-state index contributed by atoms with van der Waals surface area (Å²) in [6.07, 6.45) is 7.67. The topological polar surface area (TPSA) is 29.0 Å². The maximum absolute atomic E-state index is 4.76. The highest BCUT2D eigenvalue weighted by atomic mass is 32.2. The van der Waals surface area contributed by atoms with Gasteiger partial charge in [-0.05, 0) is 49.1 Å². The highest BCUT2D eigenvalue weighted by molar-refractivity contribution is 7.97. The van der Waals surface area contributed by atoms with E-state index in [1.807, 2.05) is 44.1 Å². The predicted octanol–water partition coefficient (Wildman–Crippen LogP) is 6.39. The Hall–Kier alpha value is -1.69. The van der Waals surface area contributed by atoms with Crippen molar-refractivity contribution in [3.63, 3.8) is 0 Å². The van der Waals surface area contributed by atoms with Crippen LogP contribution in [0.15, 0.2) is 59.1 Å². The molecular weight excluding hydrogens is 358 g/mol. The van der Waals surface area contributed by atoms with Gasteiger partial charge in [0.2, 0.25) is 0 Å².